The maximum absolute atomic E-state index is 12.6. The summed E-state index contributed by atoms with van der Waals surface area (Å²) in [7, 11) is 0. The van der Waals surface area contributed by atoms with Gasteiger partial charge in [-0.15, -0.1) is 0 Å². The summed E-state index contributed by atoms with van der Waals surface area (Å²) in [5.41, 5.74) is 6.52. The molecule has 28 heavy (non-hydrogen) atoms. The highest BCUT2D eigenvalue weighted by Gasteiger charge is 2.14. The molecule has 2 heterocycles. The van der Waals surface area contributed by atoms with Gasteiger partial charge in [-0.3, -0.25) is 0 Å². The van der Waals surface area contributed by atoms with Gasteiger partial charge in [-0.2, -0.15) is 24.3 Å². The van der Waals surface area contributed by atoms with Gasteiger partial charge >= 0.3 is 5.69 Å². The van der Waals surface area contributed by atoms with E-state index in [2.05, 4.69) is 30.7 Å². The highest BCUT2D eigenvalue weighted by molar-refractivity contribution is 6.32. The Morgan fingerprint density at radius 2 is 1.71 bits per heavy atom. The minimum Gasteiger partial charge on any atom is -0.368 e. The lowest BCUT2D eigenvalue weighted by molar-refractivity contribution is 0.608. The first kappa shape index (κ1) is 17.6. The van der Waals surface area contributed by atoms with Gasteiger partial charge in [0.25, 0.3) is 0 Å². The fraction of sp³-hybridized carbons (Fsp3) is 0.0588. The van der Waals surface area contributed by atoms with Gasteiger partial charge in [-0.25, -0.2) is 4.79 Å². The minimum atomic E-state index is -0.482. The quantitative estimate of drug-likeness (QED) is 0.521. The van der Waals surface area contributed by atoms with Crippen LogP contribution in [0, 0.1) is 0 Å². The van der Waals surface area contributed by atoms with Crippen molar-refractivity contribution in [3.63, 3.8) is 0 Å². The number of nitrogens with zero attached hydrogens (tertiary/aromatic N) is 7. The number of rotatable bonds is 5. The van der Waals surface area contributed by atoms with Gasteiger partial charge in [0, 0.05) is 5.69 Å². The molecule has 0 unspecified atom stereocenters. The SMILES string of the molecule is Nc1nc(Cn2nnn(-c3ccccc3Cl)c2=O)nc(Nc2ccccc2)n1. The molecule has 2 aromatic carbocycles. The third-order valence-corrected chi connectivity index (χ3v) is 4.06. The first-order chi connectivity index (χ1) is 13.6. The van der Waals surface area contributed by atoms with Crippen LogP contribution >= 0.6 is 11.6 Å². The van der Waals surface area contributed by atoms with Crippen LogP contribution < -0.4 is 16.7 Å². The van der Waals surface area contributed by atoms with Gasteiger partial charge in [-0.05, 0) is 34.7 Å². The molecule has 0 spiro atoms. The smallest absolute Gasteiger partial charge is 0.368 e. The van der Waals surface area contributed by atoms with Crippen molar-refractivity contribution in [3.8, 4) is 5.69 Å². The van der Waals surface area contributed by atoms with Gasteiger partial charge in [-0.1, -0.05) is 41.9 Å². The van der Waals surface area contributed by atoms with Gasteiger partial charge in [0.15, 0.2) is 5.82 Å². The molecular formula is C17H14ClN9O. The number of anilines is 3. The van der Waals surface area contributed by atoms with Crippen molar-refractivity contribution in [2.24, 2.45) is 0 Å². The number of nitrogen functional groups attached to an aromatic ring is 1. The Kier molecular flexibility index (Phi) is 4.68. The molecule has 4 aromatic rings. The van der Waals surface area contributed by atoms with Crippen molar-refractivity contribution in [1.82, 2.24) is 34.7 Å². The number of halogens is 1. The number of hydrogen-bond acceptors (Lipinski definition) is 8. The fourth-order valence-electron chi connectivity index (χ4n) is 2.50. The summed E-state index contributed by atoms with van der Waals surface area (Å²) in [5, 5.41) is 11.2. The van der Waals surface area contributed by atoms with E-state index in [4.69, 9.17) is 17.3 Å². The van der Waals surface area contributed by atoms with Crippen LogP contribution in [0.1, 0.15) is 5.82 Å². The van der Waals surface area contributed by atoms with Crippen molar-refractivity contribution in [1.29, 1.82) is 0 Å². The summed E-state index contributed by atoms with van der Waals surface area (Å²) >= 11 is 6.12. The first-order valence-corrected chi connectivity index (χ1v) is 8.58. The largest absolute Gasteiger partial charge is 0.368 e. The third kappa shape index (κ3) is 3.67. The molecule has 0 aliphatic rings. The monoisotopic (exact) mass is 395 g/mol. The molecule has 11 heteroatoms. The summed E-state index contributed by atoms with van der Waals surface area (Å²) in [6, 6.07) is 16.2. The molecule has 140 valence electrons. The van der Waals surface area contributed by atoms with Crippen molar-refractivity contribution < 1.29 is 0 Å². The number of benzene rings is 2. The van der Waals surface area contributed by atoms with Crippen molar-refractivity contribution in [2.45, 2.75) is 6.54 Å². The predicted molar refractivity (Wildman–Crippen MR) is 104 cm³/mol. The van der Waals surface area contributed by atoms with E-state index in [0.717, 1.165) is 15.1 Å². The molecule has 0 bridgehead atoms. The summed E-state index contributed by atoms with van der Waals surface area (Å²) in [6.45, 7) is -0.0283. The van der Waals surface area contributed by atoms with Crippen LogP contribution in [0.15, 0.2) is 59.4 Å². The number of hydrogen-bond donors (Lipinski definition) is 2. The number of tetrazole rings is 1. The molecule has 4 rings (SSSR count). The van der Waals surface area contributed by atoms with Crippen molar-refractivity contribution in [3.05, 3.63) is 75.9 Å². The second kappa shape index (κ2) is 7.45. The van der Waals surface area contributed by atoms with Crippen LogP contribution in [0.4, 0.5) is 17.6 Å². The molecular weight excluding hydrogens is 382 g/mol. The van der Waals surface area contributed by atoms with Gasteiger partial charge in [0.2, 0.25) is 11.9 Å². The van der Waals surface area contributed by atoms with E-state index in [-0.39, 0.29) is 24.3 Å². The van der Waals surface area contributed by atoms with Gasteiger partial charge in [0.05, 0.1) is 10.7 Å². The van der Waals surface area contributed by atoms with Crippen molar-refractivity contribution in [2.75, 3.05) is 11.1 Å². The van der Waals surface area contributed by atoms with Crippen LogP contribution in [0.25, 0.3) is 5.69 Å². The zero-order valence-corrected chi connectivity index (χ0v) is 15.2. The summed E-state index contributed by atoms with van der Waals surface area (Å²) in [5.74, 6) is 0.550. The molecule has 0 amide bonds. The van der Waals surface area contributed by atoms with Crippen LogP contribution in [-0.4, -0.2) is 34.7 Å². The molecule has 0 fully saturated rings. The van der Waals surface area contributed by atoms with E-state index in [1.165, 1.54) is 0 Å². The van der Waals surface area contributed by atoms with E-state index in [1.54, 1.807) is 24.3 Å². The number of nitrogens with two attached hydrogens (primary N) is 1. The number of aromatic nitrogens is 7. The lowest BCUT2D eigenvalue weighted by Crippen LogP contribution is -2.26. The average molecular weight is 396 g/mol. The number of para-hydroxylation sites is 2. The third-order valence-electron chi connectivity index (χ3n) is 3.74. The highest BCUT2D eigenvalue weighted by Crippen LogP contribution is 2.17. The second-order valence-electron chi connectivity index (χ2n) is 5.71. The zero-order chi connectivity index (χ0) is 19.5. The Labute approximate surface area is 163 Å². The Hall–Kier alpha value is -3.79. The summed E-state index contributed by atoms with van der Waals surface area (Å²) < 4.78 is 2.22. The van der Waals surface area contributed by atoms with E-state index in [9.17, 15) is 4.79 Å². The summed E-state index contributed by atoms with van der Waals surface area (Å²) in [4.78, 5) is 25.0. The fourth-order valence-corrected chi connectivity index (χ4v) is 2.71. The molecule has 0 aliphatic heterocycles. The molecule has 2 aromatic heterocycles. The Bertz CT molecular complexity index is 1170. The molecule has 10 nitrogen and oxygen atoms in total. The normalized spacial score (nSPS) is 10.8. The standard InChI is InChI=1S/C17H14ClN9O/c18-12-8-4-5-9-13(12)27-17(28)26(24-25-27)10-14-21-15(19)23-16(22-14)20-11-6-2-1-3-7-11/h1-9H,10H2,(H3,19,20,21,22,23). The van der Waals surface area contributed by atoms with E-state index in [1.807, 2.05) is 30.3 Å². The summed E-state index contributed by atoms with van der Waals surface area (Å²) in [6.07, 6.45) is 0. The molecule has 0 saturated carbocycles. The Morgan fingerprint density at radius 3 is 2.50 bits per heavy atom. The predicted octanol–water partition coefficient (Wildman–Crippen LogP) is 1.64. The number of nitrogens with one attached hydrogen (secondary N) is 1. The average Bonchev–Trinajstić information content (AvgIpc) is 3.03. The van der Waals surface area contributed by atoms with Crippen LogP contribution in [0.5, 0.6) is 0 Å². The highest BCUT2D eigenvalue weighted by atomic mass is 35.5. The molecule has 0 aliphatic carbocycles. The molecule has 3 N–H and O–H groups in total. The van der Waals surface area contributed by atoms with Gasteiger partial charge < -0.3 is 11.1 Å². The molecule has 0 atom stereocenters. The molecule has 0 saturated heterocycles. The second-order valence-corrected chi connectivity index (χ2v) is 6.11. The zero-order valence-electron chi connectivity index (χ0n) is 14.4. The van der Waals surface area contributed by atoms with Crippen LogP contribution in [0.2, 0.25) is 5.02 Å². The Morgan fingerprint density at radius 1 is 0.964 bits per heavy atom. The van der Waals surface area contributed by atoms with Crippen LogP contribution in [0.3, 0.4) is 0 Å². The topological polar surface area (TPSA) is 129 Å². The lowest BCUT2D eigenvalue weighted by Gasteiger charge is -2.06. The van der Waals surface area contributed by atoms with E-state index >= 15 is 0 Å². The maximum Gasteiger partial charge on any atom is 0.368 e. The van der Waals surface area contributed by atoms with E-state index in [0.29, 0.717) is 10.7 Å². The molecule has 0 radical (unpaired) electrons. The van der Waals surface area contributed by atoms with Crippen LogP contribution in [-0.2, 0) is 6.54 Å². The first-order valence-electron chi connectivity index (χ1n) is 8.20. The Balaban J connectivity index is 1.62. The van der Waals surface area contributed by atoms with Crippen molar-refractivity contribution >= 4 is 29.2 Å². The minimum absolute atomic E-state index is 0.0231. The lowest BCUT2D eigenvalue weighted by atomic mass is 10.3. The maximum atomic E-state index is 12.6. The van der Waals surface area contributed by atoms with Gasteiger partial charge in [0.1, 0.15) is 6.54 Å². The van der Waals surface area contributed by atoms with E-state index < -0.39 is 5.69 Å².